The minimum atomic E-state index is -0.404. The van der Waals surface area contributed by atoms with Crippen LogP contribution in [-0.4, -0.2) is 23.3 Å². The number of amides is 2. The lowest BCUT2D eigenvalue weighted by Gasteiger charge is -2.23. The fraction of sp³-hybridized carbons (Fsp3) is 0.350. The Hall–Kier alpha value is -2.60. The van der Waals surface area contributed by atoms with Crippen LogP contribution in [0.25, 0.3) is 0 Å². The molecular formula is C20H21ClN4O2. The lowest BCUT2D eigenvalue weighted by atomic mass is 9.85. The molecular weight excluding hydrogens is 364 g/mol. The number of benzene rings is 1. The summed E-state index contributed by atoms with van der Waals surface area (Å²) in [6.07, 6.45) is 6.70. The normalized spacial score (nSPS) is 18.3. The predicted molar refractivity (Wildman–Crippen MR) is 106 cm³/mol. The highest BCUT2D eigenvalue weighted by atomic mass is 35.5. The second kappa shape index (κ2) is 6.85. The average molecular weight is 385 g/mol. The molecule has 3 N–H and O–H groups in total. The Morgan fingerprint density at radius 2 is 2.04 bits per heavy atom. The minimum absolute atomic E-state index is 0.115. The van der Waals surface area contributed by atoms with Gasteiger partial charge >= 0.3 is 0 Å². The van der Waals surface area contributed by atoms with Gasteiger partial charge in [0.05, 0.1) is 16.4 Å². The van der Waals surface area contributed by atoms with Crippen molar-refractivity contribution in [3.63, 3.8) is 0 Å². The maximum absolute atomic E-state index is 12.5. The molecule has 0 unspecified atom stereocenters. The first kappa shape index (κ1) is 17.8. The number of carbonyl (C=O) groups excluding carboxylic acids is 2. The molecule has 1 saturated carbocycles. The largest absolute Gasteiger partial charge is 0.397 e. The highest BCUT2D eigenvalue weighted by Crippen LogP contribution is 2.47. The van der Waals surface area contributed by atoms with E-state index >= 15 is 0 Å². The fourth-order valence-corrected chi connectivity index (χ4v) is 4.46. The van der Waals surface area contributed by atoms with Crippen LogP contribution in [0.3, 0.4) is 0 Å². The standard InChI is InChI=1S/C20H21ClN4O2/c21-14-10-13(24-19(27)18-15(22)4-3-9-23-18)5-6-16(14)25-12-20(11-17(25)26)7-1-2-8-20/h3-6,9-10H,1-2,7-8,11-12,22H2,(H,24,27). The van der Waals surface area contributed by atoms with Crippen LogP contribution in [0.4, 0.5) is 17.1 Å². The van der Waals surface area contributed by atoms with Gasteiger partial charge in [-0.25, -0.2) is 4.98 Å². The van der Waals surface area contributed by atoms with Crippen LogP contribution in [0.15, 0.2) is 36.5 Å². The van der Waals surface area contributed by atoms with Crippen LogP contribution < -0.4 is 16.0 Å². The number of nitrogens with zero attached hydrogens (tertiary/aromatic N) is 2. The molecule has 2 heterocycles. The number of hydrogen-bond acceptors (Lipinski definition) is 4. The van der Waals surface area contributed by atoms with Crippen LogP contribution in [0.1, 0.15) is 42.6 Å². The highest BCUT2D eigenvalue weighted by molar-refractivity contribution is 6.34. The average Bonchev–Trinajstić information content (AvgIpc) is 3.22. The lowest BCUT2D eigenvalue weighted by molar-refractivity contribution is -0.117. The third-order valence-corrected chi connectivity index (χ3v) is 5.84. The van der Waals surface area contributed by atoms with E-state index in [0.717, 1.165) is 19.4 Å². The molecule has 4 rings (SSSR count). The van der Waals surface area contributed by atoms with E-state index in [0.29, 0.717) is 28.5 Å². The lowest BCUT2D eigenvalue weighted by Crippen LogP contribution is -2.27. The summed E-state index contributed by atoms with van der Waals surface area (Å²) in [4.78, 5) is 30.7. The highest BCUT2D eigenvalue weighted by Gasteiger charge is 2.45. The summed E-state index contributed by atoms with van der Waals surface area (Å²) in [5.41, 5.74) is 7.60. The Labute approximate surface area is 162 Å². The van der Waals surface area contributed by atoms with Crippen LogP contribution in [0.5, 0.6) is 0 Å². The van der Waals surface area contributed by atoms with Gasteiger partial charge in [0.2, 0.25) is 5.91 Å². The summed E-state index contributed by atoms with van der Waals surface area (Å²) in [5.74, 6) is -0.282. The van der Waals surface area contributed by atoms with E-state index in [1.165, 1.54) is 19.0 Å². The number of carbonyl (C=O) groups is 2. The van der Waals surface area contributed by atoms with Gasteiger partial charge in [-0.3, -0.25) is 9.59 Å². The molecule has 1 aliphatic heterocycles. The summed E-state index contributed by atoms with van der Waals surface area (Å²) >= 11 is 6.45. The Kier molecular flexibility index (Phi) is 4.52. The minimum Gasteiger partial charge on any atom is -0.397 e. The molecule has 1 aliphatic carbocycles. The van der Waals surface area contributed by atoms with E-state index in [2.05, 4.69) is 10.3 Å². The number of nitrogen functional groups attached to an aromatic ring is 1. The first-order valence-electron chi connectivity index (χ1n) is 9.09. The van der Waals surface area contributed by atoms with Gasteiger partial charge in [0, 0.05) is 24.8 Å². The molecule has 27 heavy (non-hydrogen) atoms. The van der Waals surface area contributed by atoms with Crippen molar-refractivity contribution in [2.24, 2.45) is 5.41 Å². The van der Waals surface area contributed by atoms with Gasteiger partial charge in [0.15, 0.2) is 5.69 Å². The molecule has 0 atom stereocenters. The fourth-order valence-electron chi connectivity index (χ4n) is 4.18. The molecule has 2 amide bonds. The Morgan fingerprint density at radius 1 is 1.26 bits per heavy atom. The molecule has 140 valence electrons. The van der Waals surface area contributed by atoms with Gasteiger partial charge in [-0.1, -0.05) is 24.4 Å². The number of pyridine rings is 1. The van der Waals surface area contributed by atoms with Gasteiger partial charge in [-0.2, -0.15) is 0 Å². The van der Waals surface area contributed by atoms with Gasteiger partial charge < -0.3 is 16.0 Å². The topological polar surface area (TPSA) is 88.3 Å². The molecule has 1 spiro atoms. The van der Waals surface area contributed by atoms with Gasteiger partial charge in [0.25, 0.3) is 5.91 Å². The number of halogens is 1. The zero-order valence-corrected chi connectivity index (χ0v) is 15.6. The summed E-state index contributed by atoms with van der Waals surface area (Å²) < 4.78 is 0. The number of aromatic nitrogens is 1. The molecule has 6 nitrogen and oxygen atoms in total. The zero-order chi connectivity index (χ0) is 19.0. The molecule has 0 radical (unpaired) electrons. The second-order valence-corrected chi connectivity index (χ2v) is 7.83. The van der Waals surface area contributed by atoms with E-state index in [4.69, 9.17) is 17.3 Å². The van der Waals surface area contributed by atoms with E-state index in [1.807, 2.05) is 0 Å². The summed E-state index contributed by atoms with van der Waals surface area (Å²) in [5, 5.41) is 3.18. The Bertz CT molecular complexity index is 909. The maximum Gasteiger partial charge on any atom is 0.276 e. The van der Waals surface area contributed by atoms with Crippen molar-refractivity contribution in [1.29, 1.82) is 0 Å². The van der Waals surface area contributed by atoms with Gasteiger partial charge in [0.1, 0.15) is 0 Å². The van der Waals surface area contributed by atoms with Crippen LogP contribution in [-0.2, 0) is 4.79 Å². The van der Waals surface area contributed by atoms with Crippen molar-refractivity contribution in [2.45, 2.75) is 32.1 Å². The van der Waals surface area contributed by atoms with Gasteiger partial charge in [-0.15, -0.1) is 0 Å². The summed E-state index contributed by atoms with van der Waals surface area (Å²) in [7, 11) is 0. The van der Waals surface area contributed by atoms with Crippen LogP contribution >= 0.6 is 11.6 Å². The molecule has 7 heteroatoms. The monoisotopic (exact) mass is 384 g/mol. The third-order valence-electron chi connectivity index (χ3n) is 5.54. The first-order valence-corrected chi connectivity index (χ1v) is 9.47. The SMILES string of the molecule is Nc1cccnc1C(=O)Nc1ccc(N2CC3(CCCC3)CC2=O)c(Cl)c1. The van der Waals surface area contributed by atoms with E-state index in [1.54, 1.807) is 35.2 Å². The summed E-state index contributed by atoms with van der Waals surface area (Å²) in [6, 6.07) is 8.47. The smallest absolute Gasteiger partial charge is 0.276 e. The number of rotatable bonds is 3. The van der Waals surface area contributed by atoms with Crippen molar-refractivity contribution in [3.05, 3.63) is 47.2 Å². The first-order chi connectivity index (χ1) is 13.0. The molecule has 1 saturated heterocycles. The molecule has 2 fully saturated rings. The van der Waals surface area contributed by atoms with Crippen molar-refractivity contribution in [2.75, 3.05) is 22.5 Å². The second-order valence-electron chi connectivity index (χ2n) is 7.43. The third kappa shape index (κ3) is 3.37. The molecule has 2 aromatic rings. The molecule has 2 aliphatic rings. The van der Waals surface area contributed by atoms with Gasteiger partial charge in [-0.05, 0) is 48.6 Å². The predicted octanol–water partition coefficient (Wildman–Crippen LogP) is 3.87. The van der Waals surface area contributed by atoms with Crippen molar-refractivity contribution in [3.8, 4) is 0 Å². The van der Waals surface area contributed by atoms with Crippen molar-refractivity contribution >= 4 is 40.5 Å². The van der Waals surface area contributed by atoms with E-state index < -0.39 is 5.91 Å². The van der Waals surface area contributed by atoms with E-state index in [9.17, 15) is 9.59 Å². The molecule has 1 aromatic carbocycles. The number of nitrogens with two attached hydrogens (primary N) is 1. The quantitative estimate of drug-likeness (QED) is 0.840. The number of hydrogen-bond donors (Lipinski definition) is 2. The van der Waals surface area contributed by atoms with Crippen molar-refractivity contribution < 1.29 is 9.59 Å². The number of nitrogens with one attached hydrogen (secondary N) is 1. The zero-order valence-electron chi connectivity index (χ0n) is 14.9. The number of anilines is 3. The maximum atomic E-state index is 12.5. The van der Waals surface area contributed by atoms with E-state index in [-0.39, 0.29) is 17.0 Å². The van der Waals surface area contributed by atoms with Crippen LogP contribution in [0.2, 0.25) is 5.02 Å². The Balaban J connectivity index is 1.52. The summed E-state index contributed by atoms with van der Waals surface area (Å²) in [6.45, 7) is 0.724. The molecule has 0 bridgehead atoms. The molecule has 1 aromatic heterocycles. The van der Waals surface area contributed by atoms with Crippen LogP contribution in [0, 0.1) is 5.41 Å². The Morgan fingerprint density at radius 3 is 2.74 bits per heavy atom. The van der Waals surface area contributed by atoms with Crippen molar-refractivity contribution in [1.82, 2.24) is 4.98 Å².